The topological polar surface area (TPSA) is 109 Å². The molecule has 0 atom stereocenters. The Bertz CT molecular complexity index is 1210. The fourth-order valence-electron chi connectivity index (χ4n) is 2.67. The molecule has 0 spiro atoms. The van der Waals surface area contributed by atoms with Gasteiger partial charge in [0.15, 0.2) is 5.16 Å². The van der Waals surface area contributed by atoms with Crippen LogP contribution in [0.4, 0.5) is 11.9 Å². The number of aromatic amines is 1. The van der Waals surface area contributed by atoms with E-state index in [1.807, 2.05) is 44.2 Å². The summed E-state index contributed by atoms with van der Waals surface area (Å²) in [5, 5.41) is 4.62. The molecule has 9 heteroatoms. The van der Waals surface area contributed by atoms with Crippen molar-refractivity contribution in [2.45, 2.75) is 24.8 Å². The lowest BCUT2D eigenvalue weighted by Crippen LogP contribution is -2.13. The lowest BCUT2D eigenvalue weighted by Gasteiger charge is -2.08. The van der Waals surface area contributed by atoms with Crippen molar-refractivity contribution >= 4 is 34.6 Å². The Balaban J connectivity index is 1.56. The van der Waals surface area contributed by atoms with Crippen LogP contribution >= 0.6 is 11.8 Å². The smallest absolute Gasteiger partial charge is 0.252 e. The third kappa shape index (κ3) is 4.15. The number of nitrogens with zero attached hydrogens (tertiary/aromatic N) is 5. The van der Waals surface area contributed by atoms with Gasteiger partial charge in [0.25, 0.3) is 5.56 Å². The van der Waals surface area contributed by atoms with E-state index in [0.29, 0.717) is 28.5 Å². The number of H-pyrrole nitrogens is 1. The molecule has 0 unspecified atom stereocenters. The second-order valence-electron chi connectivity index (χ2n) is 6.13. The van der Waals surface area contributed by atoms with Gasteiger partial charge in [-0.3, -0.25) is 15.1 Å². The van der Waals surface area contributed by atoms with Crippen molar-refractivity contribution in [3.63, 3.8) is 0 Å². The quantitative estimate of drug-likeness (QED) is 0.394. The van der Waals surface area contributed by atoms with Crippen LogP contribution in [0.15, 0.2) is 52.5 Å². The Kier molecular flexibility index (Phi) is 4.98. The number of anilines is 2. The van der Waals surface area contributed by atoms with Gasteiger partial charge >= 0.3 is 0 Å². The van der Waals surface area contributed by atoms with E-state index in [1.165, 1.54) is 17.8 Å². The molecule has 4 aromatic rings. The van der Waals surface area contributed by atoms with Crippen molar-refractivity contribution in [3.05, 3.63) is 70.0 Å². The molecule has 0 saturated heterocycles. The minimum Gasteiger partial charge on any atom is -0.294 e. The molecule has 1 aromatic carbocycles. The van der Waals surface area contributed by atoms with E-state index in [1.54, 1.807) is 6.20 Å². The third-order valence-corrected chi connectivity index (χ3v) is 4.84. The highest BCUT2D eigenvalue weighted by Crippen LogP contribution is 2.20. The van der Waals surface area contributed by atoms with Crippen LogP contribution in [0.2, 0.25) is 0 Å². The molecular weight excluding hydrogens is 374 g/mol. The van der Waals surface area contributed by atoms with Gasteiger partial charge in [-0.25, -0.2) is 24.9 Å². The maximum Gasteiger partial charge on any atom is 0.252 e. The number of thioether (sulfide) groups is 1. The normalized spacial score (nSPS) is 10.9. The fourth-order valence-corrected chi connectivity index (χ4v) is 3.44. The van der Waals surface area contributed by atoms with Crippen molar-refractivity contribution in [1.29, 1.82) is 0 Å². The lowest BCUT2D eigenvalue weighted by molar-refractivity contribution is 0.929. The Labute approximate surface area is 164 Å². The van der Waals surface area contributed by atoms with E-state index in [0.717, 1.165) is 22.3 Å². The number of benzene rings is 1. The summed E-state index contributed by atoms with van der Waals surface area (Å²) in [6.07, 6.45) is 1.71. The van der Waals surface area contributed by atoms with Gasteiger partial charge in [0.1, 0.15) is 0 Å². The van der Waals surface area contributed by atoms with Crippen LogP contribution in [0, 0.1) is 13.8 Å². The number of nitrogens with one attached hydrogen (secondary N) is 2. The van der Waals surface area contributed by atoms with Gasteiger partial charge in [-0.05, 0) is 26.0 Å². The monoisotopic (exact) mass is 391 g/mol. The van der Waals surface area contributed by atoms with Gasteiger partial charge in [0, 0.05) is 29.1 Å². The summed E-state index contributed by atoms with van der Waals surface area (Å²) >= 11 is 1.42. The van der Waals surface area contributed by atoms with Crippen LogP contribution < -0.4 is 10.9 Å². The summed E-state index contributed by atoms with van der Waals surface area (Å²) in [5.41, 5.74) is 2.92. The summed E-state index contributed by atoms with van der Waals surface area (Å²) in [4.78, 5) is 36.6. The van der Waals surface area contributed by atoms with Crippen molar-refractivity contribution < 1.29 is 0 Å². The maximum absolute atomic E-state index is 12.0. The first-order valence-electron chi connectivity index (χ1n) is 8.60. The van der Waals surface area contributed by atoms with Crippen LogP contribution in [0.25, 0.3) is 10.9 Å². The van der Waals surface area contributed by atoms with E-state index in [-0.39, 0.29) is 5.56 Å². The number of rotatable bonds is 5. The van der Waals surface area contributed by atoms with E-state index in [2.05, 4.69) is 35.2 Å². The second kappa shape index (κ2) is 7.73. The van der Waals surface area contributed by atoms with E-state index in [9.17, 15) is 4.79 Å². The van der Waals surface area contributed by atoms with Crippen molar-refractivity contribution in [3.8, 4) is 0 Å². The molecule has 3 heterocycles. The molecule has 0 aliphatic carbocycles. The molecule has 28 heavy (non-hydrogen) atoms. The number of aryl methyl sites for hydroxylation is 2. The van der Waals surface area contributed by atoms with Crippen LogP contribution in [-0.4, -0.2) is 29.9 Å². The number of fused-ring (bicyclic) bond motifs is 1. The second-order valence-corrected chi connectivity index (χ2v) is 7.07. The average molecular weight is 391 g/mol. The van der Waals surface area contributed by atoms with Gasteiger partial charge in [0.05, 0.1) is 16.9 Å². The molecule has 140 valence electrons. The van der Waals surface area contributed by atoms with E-state index >= 15 is 0 Å². The molecule has 4 rings (SSSR count). The standard InChI is InChI=1S/C19H17N7OS/c1-11-7-8-20-19(21-11)28-10-13-9-16(27)25-18(23-13)26-17-22-12(2)14-5-3-4-6-15(14)24-17/h3-9H,10H2,1-2H3,(H2,22,23,24,25,26,27). The number of para-hydroxylation sites is 1. The van der Waals surface area contributed by atoms with Crippen LogP contribution in [0.5, 0.6) is 0 Å². The largest absolute Gasteiger partial charge is 0.294 e. The van der Waals surface area contributed by atoms with Gasteiger partial charge in [-0.15, -0.1) is 0 Å². The molecule has 0 saturated carbocycles. The van der Waals surface area contributed by atoms with Crippen molar-refractivity contribution in [2.75, 3.05) is 5.32 Å². The van der Waals surface area contributed by atoms with Gasteiger partial charge in [-0.1, -0.05) is 30.0 Å². The van der Waals surface area contributed by atoms with E-state index in [4.69, 9.17) is 0 Å². The fraction of sp³-hybridized carbons (Fsp3) is 0.158. The number of hydrogen-bond donors (Lipinski definition) is 2. The van der Waals surface area contributed by atoms with Crippen molar-refractivity contribution in [2.24, 2.45) is 0 Å². The lowest BCUT2D eigenvalue weighted by atomic mass is 10.2. The highest BCUT2D eigenvalue weighted by Gasteiger charge is 2.08. The summed E-state index contributed by atoms with van der Waals surface area (Å²) in [5.74, 6) is 1.15. The molecule has 0 amide bonds. The van der Waals surface area contributed by atoms with Crippen molar-refractivity contribution in [1.82, 2.24) is 29.9 Å². The third-order valence-electron chi connectivity index (χ3n) is 3.94. The Morgan fingerprint density at radius 2 is 1.93 bits per heavy atom. The molecule has 0 aliphatic heterocycles. The highest BCUT2D eigenvalue weighted by molar-refractivity contribution is 7.98. The predicted molar refractivity (Wildman–Crippen MR) is 109 cm³/mol. The Morgan fingerprint density at radius 1 is 1.07 bits per heavy atom. The van der Waals surface area contributed by atoms with Gasteiger partial charge in [-0.2, -0.15) is 0 Å². The Hall–Kier alpha value is -3.33. The first kappa shape index (κ1) is 18.1. The molecule has 8 nitrogen and oxygen atoms in total. The van der Waals surface area contributed by atoms with Gasteiger partial charge < -0.3 is 0 Å². The summed E-state index contributed by atoms with van der Waals surface area (Å²) in [6, 6.07) is 11.1. The Morgan fingerprint density at radius 3 is 2.79 bits per heavy atom. The predicted octanol–water partition coefficient (Wildman–Crippen LogP) is 3.16. The molecule has 2 N–H and O–H groups in total. The number of aromatic nitrogens is 6. The van der Waals surface area contributed by atoms with E-state index < -0.39 is 0 Å². The maximum atomic E-state index is 12.0. The SMILES string of the molecule is Cc1ccnc(SCc2cc(=O)[nH]c(Nc3nc(C)c4ccccc4n3)n2)n1. The molecule has 3 aromatic heterocycles. The first-order chi connectivity index (χ1) is 13.6. The zero-order valence-electron chi connectivity index (χ0n) is 15.3. The average Bonchev–Trinajstić information content (AvgIpc) is 2.66. The van der Waals surface area contributed by atoms with Crippen LogP contribution in [0.1, 0.15) is 17.1 Å². The molecular formula is C19H17N7OS. The highest BCUT2D eigenvalue weighted by atomic mass is 32.2. The zero-order chi connectivity index (χ0) is 19.5. The molecule has 0 radical (unpaired) electrons. The molecule has 0 fully saturated rings. The molecule has 0 bridgehead atoms. The minimum absolute atomic E-state index is 0.254. The van der Waals surface area contributed by atoms with Crippen LogP contribution in [0.3, 0.4) is 0 Å². The summed E-state index contributed by atoms with van der Waals surface area (Å²) in [6.45, 7) is 3.82. The van der Waals surface area contributed by atoms with Crippen LogP contribution in [-0.2, 0) is 5.75 Å². The zero-order valence-corrected chi connectivity index (χ0v) is 16.1. The first-order valence-corrected chi connectivity index (χ1v) is 9.58. The summed E-state index contributed by atoms with van der Waals surface area (Å²) in [7, 11) is 0. The summed E-state index contributed by atoms with van der Waals surface area (Å²) < 4.78 is 0. The minimum atomic E-state index is -0.254. The molecule has 0 aliphatic rings. The number of hydrogen-bond acceptors (Lipinski definition) is 8. The van der Waals surface area contributed by atoms with Gasteiger partial charge in [0.2, 0.25) is 11.9 Å².